The van der Waals surface area contributed by atoms with Crippen LogP contribution in [0.5, 0.6) is 0 Å². The molecule has 0 saturated carbocycles. The van der Waals surface area contributed by atoms with Crippen molar-refractivity contribution in [2.24, 2.45) is 0 Å². The van der Waals surface area contributed by atoms with Crippen LogP contribution in [0.15, 0.2) is 40.9 Å². The summed E-state index contributed by atoms with van der Waals surface area (Å²) in [6.45, 7) is -0.458. The Hall–Kier alpha value is -2.89. The number of carbonyl (C=O) groups excluding carboxylic acids is 1. The number of aliphatic carboxylic acids is 1. The number of nitrogens with zero attached hydrogens (tertiary/aromatic N) is 1. The highest BCUT2D eigenvalue weighted by Crippen LogP contribution is 2.27. The molecule has 6 heteroatoms. The van der Waals surface area contributed by atoms with Crippen molar-refractivity contribution >= 4 is 33.6 Å². The zero-order chi connectivity index (χ0) is 14.1. The van der Waals surface area contributed by atoms with Gasteiger partial charge in [0.1, 0.15) is 6.54 Å². The van der Waals surface area contributed by atoms with E-state index in [1.54, 1.807) is 6.07 Å². The largest absolute Gasteiger partial charge is 0.480 e. The van der Waals surface area contributed by atoms with E-state index in [0.717, 1.165) is 10.8 Å². The molecule has 1 heterocycles. The van der Waals surface area contributed by atoms with Gasteiger partial charge in [0.2, 0.25) is 0 Å². The molecule has 0 saturated heterocycles. The molecule has 0 aliphatic rings. The van der Waals surface area contributed by atoms with E-state index in [2.05, 4.69) is 10.5 Å². The predicted octanol–water partition coefficient (Wildman–Crippen LogP) is 1.80. The van der Waals surface area contributed by atoms with Crippen LogP contribution in [0.4, 0.5) is 0 Å². The highest BCUT2D eigenvalue weighted by Gasteiger charge is 2.17. The van der Waals surface area contributed by atoms with Crippen LogP contribution in [-0.4, -0.2) is 28.7 Å². The minimum absolute atomic E-state index is 0.0898. The number of aromatic nitrogens is 1. The van der Waals surface area contributed by atoms with E-state index in [4.69, 9.17) is 9.63 Å². The van der Waals surface area contributed by atoms with Gasteiger partial charge in [-0.05, 0) is 11.5 Å². The van der Waals surface area contributed by atoms with Gasteiger partial charge in [0.15, 0.2) is 11.3 Å². The average molecular weight is 270 g/mol. The van der Waals surface area contributed by atoms with Gasteiger partial charge in [0, 0.05) is 5.39 Å². The molecule has 2 N–H and O–H groups in total. The van der Waals surface area contributed by atoms with Gasteiger partial charge in [-0.3, -0.25) is 9.59 Å². The number of carboxylic acids is 1. The van der Waals surface area contributed by atoms with Crippen molar-refractivity contribution in [3.05, 3.63) is 42.1 Å². The SMILES string of the molecule is O=C(O)CNC(=O)c1noc2c1ccc1ccccc12. The van der Waals surface area contributed by atoms with Crippen molar-refractivity contribution in [1.82, 2.24) is 10.5 Å². The fourth-order valence-electron chi connectivity index (χ4n) is 2.07. The lowest BCUT2D eigenvalue weighted by atomic mass is 10.1. The Labute approximate surface area is 113 Å². The number of hydrogen-bond donors (Lipinski definition) is 2. The summed E-state index contributed by atoms with van der Waals surface area (Å²) in [5.41, 5.74) is 0.607. The van der Waals surface area contributed by atoms with Gasteiger partial charge >= 0.3 is 5.97 Å². The first kappa shape index (κ1) is 12.2. The Morgan fingerprint density at radius 2 is 1.95 bits per heavy atom. The van der Waals surface area contributed by atoms with Crippen molar-refractivity contribution in [2.75, 3.05) is 6.54 Å². The van der Waals surface area contributed by atoms with Crippen molar-refractivity contribution < 1.29 is 19.2 Å². The maximum absolute atomic E-state index is 11.9. The Bertz CT molecular complexity index is 822. The van der Waals surface area contributed by atoms with Crippen molar-refractivity contribution in [3.8, 4) is 0 Å². The van der Waals surface area contributed by atoms with E-state index in [-0.39, 0.29) is 5.69 Å². The fourth-order valence-corrected chi connectivity index (χ4v) is 2.07. The fraction of sp³-hybridized carbons (Fsp3) is 0.0714. The molecule has 1 amide bonds. The van der Waals surface area contributed by atoms with Crippen LogP contribution >= 0.6 is 0 Å². The third-order valence-corrected chi connectivity index (χ3v) is 2.98. The lowest BCUT2D eigenvalue weighted by Crippen LogP contribution is -2.29. The molecule has 0 bridgehead atoms. The van der Waals surface area contributed by atoms with Gasteiger partial charge in [-0.15, -0.1) is 0 Å². The van der Waals surface area contributed by atoms with E-state index in [0.29, 0.717) is 11.0 Å². The number of benzene rings is 2. The first-order valence-electron chi connectivity index (χ1n) is 5.94. The van der Waals surface area contributed by atoms with Gasteiger partial charge < -0.3 is 14.9 Å². The molecule has 1 aromatic heterocycles. The van der Waals surface area contributed by atoms with Crippen LogP contribution < -0.4 is 5.32 Å². The molecule has 0 unspecified atom stereocenters. The highest BCUT2D eigenvalue weighted by molar-refractivity contribution is 6.12. The van der Waals surface area contributed by atoms with Crippen LogP contribution in [0.3, 0.4) is 0 Å². The number of carboxylic acid groups (broad SMARTS) is 1. The topological polar surface area (TPSA) is 92.4 Å². The molecule has 3 rings (SSSR count). The molecule has 0 aliphatic heterocycles. The van der Waals surface area contributed by atoms with Crippen LogP contribution in [0.1, 0.15) is 10.5 Å². The summed E-state index contributed by atoms with van der Waals surface area (Å²) in [4.78, 5) is 22.3. The van der Waals surface area contributed by atoms with E-state index >= 15 is 0 Å². The molecule has 100 valence electrons. The summed E-state index contributed by atoms with van der Waals surface area (Å²) in [6, 6.07) is 11.2. The molecule has 0 fully saturated rings. The van der Waals surface area contributed by atoms with E-state index in [9.17, 15) is 9.59 Å². The quantitative estimate of drug-likeness (QED) is 0.757. The molecule has 0 radical (unpaired) electrons. The molecule has 3 aromatic rings. The monoisotopic (exact) mass is 270 g/mol. The maximum atomic E-state index is 11.9. The highest BCUT2D eigenvalue weighted by atomic mass is 16.5. The summed E-state index contributed by atoms with van der Waals surface area (Å²) < 4.78 is 5.23. The van der Waals surface area contributed by atoms with Gasteiger partial charge in [-0.25, -0.2) is 0 Å². The maximum Gasteiger partial charge on any atom is 0.322 e. The summed E-state index contributed by atoms with van der Waals surface area (Å²) in [5.74, 6) is -1.68. The lowest BCUT2D eigenvalue weighted by Gasteiger charge is -1.99. The Morgan fingerprint density at radius 1 is 1.15 bits per heavy atom. The normalized spacial score (nSPS) is 10.8. The van der Waals surface area contributed by atoms with Crippen LogP contribution in [-0.2, 0) is 4.79 Å². The molecular weight excluding hydrogens is 260 g/mol. The van der Waals surface area contributed by atoms with Gasteiger partial charge in [0.25, 0.3) is 5.91 Å². The molecule has 0 spiro atoms. The molecule has 0 aliphatic carbocycles. The third-order valence-electron chi connectivity index (χ3n) is 2.98. The Balaban J connectivity index is 2.07. The Kier molecular flexibility index (Phi) is 2.83. The molecule has 20 heavy (non-hydrogen) atoms. The molecule has 0 atom stereocenters. The molecule has 6 nitrogen and oxygen atoms in total. The number of carbonyl (C=O) groups is 2. The second-order valence-electron chi connectivity index (χ2n) is 4.27. The average Bonchev–Trinajstić information content (AvgIpc) is 2.89. The van der Waals surface area contributed by atoms with Gasteiger partial charge in [-0.1, -0.05) is 35.5 Å². The Morgan fingerprint density at radius 3 is 2.75 bits per heavy atom. The smallest absolute Gasteiger partial charge is 0.322 e. The lowest BCUT2D eigenvalue weighted by molar-refractivity contribution is -0.135. The number of fused-ring (bicyclic) bond motifs is 3. The van der Waals surface area contributed by atoms with Crippen molar-refractivity contribution in [3.63, 3.8) is 0 Å². The first-order chi connectivity index (χ1) is 9.66. The first-order valence-corrected chi connectivity index (χ1v) is 5.94. The standard InChI is InChI=1S/C14H10N2O4/c17-11(18)7-15-14(19)12-10-6-5-8-3-1-2-4-9(8)13(10)20-16-12/h1-6H,7H2,(H,15,19)(H,17,18). The van der Waals surface area contributed by atoms with E-state index in [1.165, 1.54) is 0 Å². The number of hydrogen-bond acceptors (Lipinski definition) is 4. The van der Waals surface area contributed by atoms with Crippen LogP contribution in [0, 0.1) is 0 Å². The van der Waals surface area contributed by atoms with E-state index in [1.807, 2.05) is 30.3 Å². The number of nitrogens with one attached hydrogen (secondary N) is 1. The minimum Gasteiger partial charge on any atom is -0.480 e. The summed E-state index contributed by atoms with van der Waals surface area (Å²) in [6.07, 6.45) is 0. The number of amides is 1. The van der Waals surface area contributed by atoms with Gasteiger partial charge in [0.05, 0.1) is 5.39 Å². The van der Waals surface area contributed by atoms with Crippen LogP contribution in [0.2, 0.25) is 0 Å². The van der Waals surface area contributed by atoms with Crippen molar-refractivity contribution in [1.29, 1.82) is 0 Å². The zero-order valence-electron chi connectivity index (χ0n) is 10.3. The van der Waals surface area contributed by atoms with Crippen molar-refractivity contribution in [2.45, 2.75) is 0 Å². The summed E-state index contributed by atoms with van der Waals surface area (Å²) in [5, 5.41) is 17.0. The van der Waals surface area contributed by atoms with Gasteiger partial charge in [-0.2, -0.15) is 0 Å². The van der Waals surface area contributed by atoms with Crippen LogP contribution in [0.25, 0.3) is 21.7 Å². The predicted molar refractivity (Wildman–Crippen MR) is 71.5 cm³/mol. The van der Waals surface area contributed by atoms with E-state index < -0.39 is 18.4 Å². The minimum atomic E-state index is -1.11. The summed E-state index contributed by atoms with van der Waals surface area (Å²) in [7, 11) is 0. The molecular formula is C14H10N2O4. The zero-order valence-corrected chi connectivity index (χ0v) is 10.3. The summed E-state index contributed by atoms with van der Waals surface area (Å²) >= 11 is 0. The molecule has 2 aromatic carbocycles. The third kappa shape index (κ3) is 1.97. The second kappa shape index (κ2) is 4.65. The second-order valence-corrected chi connectivity index (χ2v) is 4.27. The number of rotatable bonds is 3.